The van der Waals surface area contributed by atoms with E-state index in [0.717, 1.165) is 0 Å². The van der Waals surface area contributed by atoms with Crippen LogP contribution in [0.3, 0.4) is 0 Å². The summed E-state index contributed by atoms with van der Waals surface area (Å²) in [5, 5.41) is 0. The second-order valence-electron chi connectivity index (χ2n) is 5.41. The first-order valence-corrected chi connectivity index (χ1v) is 7.16. The van der Waals surface area contributed by atoms with Crippen molar-refractivity contribution in [3.8, 4) is 0 Å². The van der Waals surface area contributed by atoms with E-state index in [0.29, 0.717) is 12.8 Å². The molecule has 0 radical (unpaired) electrons. The van der Waals surface area contributed by atoms with Crippen LogP contribution in [0.25, 0.3) is 0 Å². The molecule has 1 aliphatic rings. The predicted octanol–water partition coefficient (Wildman–Crippen LogP) is 1.91. The smallest absolute Gasteiger partial charge is 0.265 e. The highest BCUT2D eigenvalue weighted by molar-refractivity contribution is 7.85. The van der Waals surface area contributed by atoms with Crippen LogP contribution < -0.4 is 0 Å². The molecule has 0 aromatic heterocycles. The molecule has 0 amide bonds. The van der Waals surface area contributed by atoms with Crippen molar-refractivity contribution in [2.24, 2.45) is 16.7 Å². The number of hydrogen-bond acceptors (Lipinski definition) is 3. The fraction of sp³-hybridized carbons (Fsp3) is 0.909. The van der Waals surface area contributed by atoms with Gasteiger partial charge in [-0.05, 0) is 17.8 Å². The van der Waals surface area contributed by atoms with Gasteiger partial charge in [0.1, 0.15) is 5.78 Å². The fourth-order valence-electron chi connectivity index (χ4n) is 2.89. The number of Topliss-reactive ketones (excluding diaryl/α,β-unsaturated/α-hetero) is 1. The Bertz CT molecular complexity index is 396. The molecular formula is C11H20O4S. The van der Waals surface area contributed by atoms with Gasteiger partial charge in [0.25, 0.3) is 10.1 Å². The van der Waals surface area contributed by atoms with Crippen molar-refractivity contribution in [2.45, 2.75) is 40.5 Å². The number of ketones is 1. The Hall–Kier alpha value is -0.420. The number of carbonyl (C=O) groups excluding carboxylic acids is 1. The minimum absolute atomic E-state index is 0.0369. The van der Waals surface area contributed by atoms with Gasteiger partial charge in [0, 0.05) is 6.42 Å². The van der Waals surface area contributed by atoms with Crippen molar-refractivity contribution < 1.29 is 17.8 Å². The summed E-state index contributed by atoms with van der Waals surface area (Å²) >= 11 is 0. The third-order valence-corrected chi connectivity index (χ3v) is 5.38. The molecule has 1 saturated carbocycles. The quantitative estimate of drug-likeness (QED) is 0.774. The standard InChI is InChI=1S/C11H20O4S/c1-5-11(7-16(13,14)15)9(12)6-8(2)10(11,3)4/h8H,5-7H2,1-4H3,(H,13,14,15)/t8-,11?/m1/s1. The van der Waals surface area contributed by atoms with Crippen molar-refractivity contribution in [1.29, 1.82) is 0 Å². The summed E-state index contributed by atoms with van der Waals surface area (Å²) in [5.41, 5.74) is -1.32. The second kappa shape index (κ2) is 3.81. The third kappa shape index (κ3) is 1.91. The van der Waals surface area contributed by atoms with Crippen LogP contribution in [0.5, 0.6) is 0 Å². The molecule has 2 atom stereocenters. The van der Waals surface area contributed by atoms with Crippen LogP contribution in [0.4, 0.5) is 0 Å². The van der Waals surface area contributed by atoms with Crippen molar-refractivity contribution in [3.05, 3.63) is 0 Å². The maximum absolute atomic E-state index is 12.1. The van der Waals surface area contributed by atoms with E-state index < -0.39 is 26.7 Å². The topological polar surface area (TPSA) is 71.4 Å². The number of carbonyl (C=O) groups is 1. The van der Waals surface area contributed by atoms with Crippen molar-refractivity contribution >= 4 is 15.9 Å². The van der Waals surface area contributed by atoms with E-state index in [9.17, 15) is 13.2 Å². The van der Waals surface area contributed by atoms with Crippen LogP contribution in [0.1, 0.15) is 40.5 Å². The average Bonchev–Trinajstić information content (AvgIpc) is 2.25. The van der Waals surface area contributed by atoms with Gasteiger partial charge in [-0.2, -0.15) is 8.42 Å². The van der Waals surface area contributed by atoms with Crippen molar-refractivity contribution in [2.75, 3.05) is 5.75 Å². The first-order valence-electron chi connectivity index (χ1n) is 5.55. The summed E-state index contributed by atoms with van der Waals surface area (Å²) < 4.78 is 31.2. The predicted molar refractivity (Wildman–Crippen MR) is 61.7 cm³/mol. The molecule has 1 unspecified atom stereocenters. The zero-order valence-electron chi connectivity index (χ0n) is 10.3. The molecule has 0 aliphatic heterocycles. The minimum atomic E-state index is -4.13. The molecule has 5 heteroatoms. The maximum atomic E-state index is 12.1. The Labute approximate surface area is 97.2 Å². The number of rotatable bonds is 3. The molecule has 0 heterocycles. The second-order valence-corrected chi connectivity index (χ2v) is 6.86. The first-order chi connectivity index (χ1) is 7.07. The fourth-order valence-corrected chi connectivity index (χ4v) is 4.25. The van der Waals surface area contributed by atoms with Gasteiger partial charge in [-0.15, -0.1) is 0 Å². The van der Waals surface area contributed by atoms with E-state index in [1.807, 2.05) is 27.7 Å². The molecule has 0 bridgehead atoms. The van der Waals surface area contributed by atoms with Crippen LogP contribution in [0, 0.1) is 16.7 Å². The molecular weight excluding hydrogens is 228 g/mol. The highest BCUT2D eigenvalue weighted by atomic mass is 32.2. The lowest BCUT2D eigenvalue weighted by Gasteiger charge is -2.40. The Kier molecular flexibility index (Phi) is 3.25. The Morgan fingerprint density at radius 1 is 1.44 bits per heavy atom. The van der Waals surface area contributed by atoms with Gasteiger partial charge >= 0.3 is 0 Å². The van der Waals surface area contributed by atoms with Gasteiger partial charge in [0.05, 0.1) is 11.2 Å². The molecule has 0 saturated heterocycles. The summed E-state index contributed by atoms with van der Waals surface area (Å²) in [6.07, 6.45) is 0.847. The van der Waals surface area contributed by atoms with Crippen molar-refractivity contribution in [1.82, 2.24) is 0 Å². The van der Waals surface area contributed by atoms with Crippen molar-refractivity contribution in [3.63, 3.8) is 0 Å². The molecule has 1 aliphatic carbocycles. The van der Waals surface area contributed by atoms with E-state index in [2.05, 4.69) is 0 Å². The normalized spacial score (nSPS) is 34.3. The zero-order valence-corrected chi connectivity index (χ0v) is 11.1. The van der Waals surface area contributed by atoms with Gasteiger partial charge in [-0.25, -0.2) is 0 Å². The summed E-state index contributed by atoms with van der Waals surface area (Å²) in [6, 6.07) is 0. The summed E-state index contributed by atoms with van der Waals surface area (Å²) in [7, 11) is -4.13. The molecule has 1 fully saturated rings. The van der Waals surface area contributed by atoms with E-state index in [1.165, 1.54) is 0 Å². The molecule has 0 aromatic carbocycles. The van der Waals surface area contributed by atoms with Crippen LogP contribution in [-0.2, 0) is 14.9 Å². The zero-order chi connectivity index (χ0) is 12.8. The van der Waals surface area contributed by atoms with Crippen LogP contribution in [-0.4, -0.2) is 24.5 Å². The van der Waals surface area contributed by atoms with Gasteiger partial charge in [-0.1, -0.05) is 27.7 Å². The highest BCUT2D eigenvalue weighted by Crippen LogP contribution is 2.56. The van der Waals surface area contributed by atoms with E-state index in [1.54, 1.807) is 0 Å². The SMILES string of the molecule is CCC1(CS(=O)(=O)O)C(=O)C[C@@H](C)C1(C)C. The molecule has 94 valence electrons. The molecule has 0 aromatic rings. The van der Waals surface area contributed by atoms with Gasteiger partial charge in [0.15, 0.2) is 0 Å². The van der Waals surface area contributed by atoms with E-state index in [-0.39, 0.29) is 11.7 Å². The lowest BCUT2D eigenvalue weighted by Crippen LogP contribution is -2.45. The third-order valence-electron chi connectivity index (χ3n) is 4.52. The van der Waals surface area contributed by atoms with Gasteiger partial charge in [-0.3, -0.25) is 9.35 Å². The Morgan fingerprint density at radius 2 is 1.94 bits per heavy atom. The Balaban J connectivity index is 3.26. The Morgan fingerprint density at radius 3 is 2.19 bits per heavy atom. The highest BCUT2D eigenvalue weighted by Gasteiger charge is 2.58. The lowest BCUT2D eigenvalue weighted by molar-refractivity contribution is -0.128. The lowest BCUT2D eigenvalue weighted by atomic mass is 9.64. The molecule has 16 heavy (non-hydrogen) atoms. The molecule has 1 N–H and O–H groups in total. The molecule has 0 spiro atoms. The monoisotopic (exact) mass is 248 g/mol. The van der Waals surface area contributed by atoms with Gasteiger partial charge < -0.3 is 0 Å². The van der Waals surface area contributed by atoms with Crippen LogP contribution >= 0.6 is 0 Å². The molecule has 1 rings (SSSR count). The molecule has 4 nitrogen and oxygen atoms in total. The largest absolute Gasteiger partial charge is 0.299 e. The summed E-state index contributed by atoms with van der Waals surface area (Å²) in [6.45, 7) is 7.59. The summed E-state index contributed by atoms with van der Waals surface area (Å²) in [5.74, 6) is -0.348. The number of hydrogen-bond donors (Lipinski definition) is 1. The summed E-state index contributed by atoms with van der Waals surface area (Å²) in [4.78, 5) is 12.1. The van der Waals surface area contributed by atoms with E-state index >= 15 is 0 Å². The van der Waals surface area contributed by atoms with Crippen LogP contribution in [0.2, 0.25) is 0 Å². The van der Waals surface area contributed by atoms with E-state index in [4.69, 9.17) is 4.55 Å². The van der Waals surface area contributed by atoms with Gasteiger partial charge in [0.2, 0.25) is 0 Å². The first kappa shape index (κ1) is 13.6. The average molecular weight is 248 g/mol. The minimum Gasteiger partial charge on any atom is -0.299 e. The maximum Gasteiger partial charge on any atom is 0.265 e. The van der Waals surface area contributed by atoms with Crippen LogP contribution in [0.15, 0.2) is 0 Å².